The molecule has 0 unspecified atom stereocenters. The summed E-state index contributed by atoms with van der Waals surface area (Å²) in [6.45, 7) is 0.598. The van der Waals surface area contributed by atoms with Crippen molar-refractivity contribution in [2.45, 2.75) is 38.3 Å². The van der Waals surface area contributed by atoms with Gasteiger partial charge < -0.3 is 14.6 Å². The van der Waals surface area contributed by atoms with Gasteiger partial charge in [0.25, 0.3) is 0 Å². The SMILES string of the molecule is COc1ccc(-c2noc(CNC3CCCC3)n2)nn1. The molecule has 1 N–H and O–H groups in total. The maximum absolute atomic E-state index is 5.21. The lowest BCUT2D eigenvalue weighted by Crippen LogP contribution is -2.25. The highest BCUT2D eigenvalue weighted by molar-refractivity contribution is 5.47. The van der Waals surface area contributed by atoms with E-state index in [1.165, 1.54) is 25.7 Å². The number of methoxy groups -OCH3 is 1. The topological polar surface area (TPSA) is 86.0 Å². The van der Waals surface area contributed by atoms with Gasteiger partial charge in [-0.2, -0.15) is 4.98 Å². The molecule has 0 aliphatic heterocycles. The summed E-state index contributed by atoms with van der Waals surface area (Å²) in [6.07, 6.45) is 5.05. The second-order valence-electron chi connectivity index (χ2n) is 4.83. The number of nitrogens with zero attached hydrogens (tertiary/aromatic N) is 4. The summed E-state index contributed by atoms with van der Waals surface area (Å²) in [4.78, 5) is 4.31. The minimum atomic E-state index is 0.448. The van der Waals surface area contributed by atoms with E-state index >= 15 is 0 Å². The maximum atomic E-state index is 5.21. The molecule has 0 amide bonds. The van der Waals surface area contributed by atoms with Crippen molar-refractivity contribution in [3.63, 3.8) is 0 Å². The van der Waals surface area contributed by atoms with Gasteiger partial charge in [-0.3, -0.25) is 0 Å². The van der Waals surface area contributed by atoms with Crippen LogP contribution in [0, 0.1) is 0 Å². The summed E-state index contributed by atoms with van der Waals surface area (Å²) in [5, 5.41) is 15.2. The Morgan fingerprint density at radius 3 is 2.85 bits per heavy atom. The largest absolute Gasteiger partial charge is 0.480 e. The predicted octanol–water partition coefficient (Wildman–Crippen LogP) is 1.57. The highest BCUT2D eigenvalue weighted by Gasteiger charge is 2.16. The Morgan fingerprint density at radius 2 is 2.15 bits per heavy atom. The van der Waals surface area contributed by atoms with E-state index in [9.17, 15) is 0 Å². The first kappa shape index (κ1) is 13.0. The predicted molar refractivity (Wildman–Crippen MR) is 71.0 cm³/mol. The molecule has 2 aromatic heterocycles. The van der Waals surface area contributed by atoms with Crippen LogP contribution in [0.2, 0.25) is 0 Å². The molecule has 0 spiro atoms. The Morgan fingerprint density at radius 1 is 1.30 bits per heavy atom. The molecule has 3 rings (SSSR count). The second-order valence-corrected chi connectivity index (χ2v) is 4.83. The van der Waals surface area contributed by atoms with Crippen molar-refractivity contribution in [1.82, 2.24) is 25.7 Å². The average Bonchev–Trinajstić information content (AvgIpc) is 3.17. The zero-order chi connectivity index (χ0) is 13.8. The zero-order valence-corrected chi connectivity index (χ0v) is 11.4. The first-order valence-electron chi connectivity index (χ1n) is 6.79. The fourth-order valence-electron chi connectivity index (χ4n) is 2.34. The van der Waals surface area contributed by atoms with Crippen LogP contribution in [-0.2, 0) is 6.54 Å². The maximum Gasteiger partial charge on any atom is 0.240 e. The molecule has 2 aromatic rings. The molecule has 1 fully saturated rings. The van der Waals surface area contributed by atoms with Crippen molar-refractivity contribution in [3.05, 3.63) is 18.0 Å². The number of nitrogens with one attached hydrogen (secondary N) is 1. The number of ether oxygens (including phenoxy) is 1. The number of rotatable bonds is 5. The van der Waals surface area contributed by atoms with Crippen molar-refractivity contribution in [2.24, 2.45) is 0 Å². The van der Waals surface area contributed by atoms with Gasteiger partial charge >= 0.3 is 0 Å². The van der Waals surface area contributed by atoms with Crippen LogP contribution in [0.1, 0.15) is 31.6 Å². The Hall–Kier alpha value is -2.02. The van der Waals surface area contributed by atoms with Gasteiger partial charge in [0.05, 0.1) is 13.7 Å². The standard InChI is InChI=1S/C13H17N5O2/c1-19-11-7-6-10(16-17-11)13-15-12(20-18-13)8-14-9-4-2-3-5-9/h6-7,9,14H,2-5,8H2,1H3. The molecule has 20 heavy (non-hydrogen) atoms. The average molecular weight is 275 g/mol. The fourth-order valence-corrected chi connectivity index (χ4v) is 2.34. The Bertz CT molecular complexity index is 548. The first-order chi connectivity index (χ1) is 9.85. The normalized spacial score (nSPS) is 15.7. The van der Waals surface area contributed by atoms with Gasteiger partial charge in [0.1, 0.15) is 5.69 Å². The van der Waals surface area contributed by atoms with E-state index in [1.807, 2.05) is 0 Å². The van der Waals surface area contributed by atoms with Gasteiger partial charge in [-0.25, -0.2) is 0 Å². The van der Waals surface area contributed by atoms with Crippen molar-refractivity contribution in [3.8, 4) is 17.4 Å². The summed E-state index contributed by atoms with van der Waals surface area (Å²) in [5.74, 6) is 1.48. The molecule has 106 valence electrons. The highest BCUT2D eigenvalue weighted by atomic mass is 16.5. The minimum absolute atomic E-state index is 0.448. The Labute approximate surface area is 116 Å². The van der Waals surface area contributed by atoms with Crippen LogP contribution >= 0.6 is 0 Å². The van der Waals surface area contributed by atoms with Crippen LogP contribution in [0.15, 0.2) is 16.7 Å². The highest BCUT2D eigenvalue weighted by Crippen LogP contribution is 2.18. The molecule has 0 aromatic carbocycles. The molecule has 7 heteroatoms. The minimum Gasteiger partial charge on any atom is -0.480 e. The van der Waals surface area contributed by atoms with Crippen LogP contribution in [0.3, 0.4) is 0 Å². The van der Waals surface area contributed by atoms with E-state index < -0.39 is 0 Å². The van der Waals surface area contributed by atoms with E-state index in [-0.39, 0.29) is 0 Å². The third-order valence-electron chi connectivity index (χ3n) is 3.44. The summed E-state index contributed by atoms with van der Waals surface area (Å²) in [5.41, 5.74) is 0.571. The van der Waals surface area contributed by atoms with Crippen LogP contribution < -0.4 is 10.1 Å². The van der Waals surface area contributed by atoms with E-state index in [2.05, 4.69) is 25.7 Å². The molecule has 0 radical (unpaired) electrons. The van der Waals surface area contributed by atoms with E-state index in [0.29, 0.717) is 35.9 Å². The third-order valence-corrected chi connectivity index (χ3v) is 3.44. The van der Waals surface area contributed by atoms with Crippen LogP contribution in [0.5, 0.6) is 5.88 Å². The van der Waals surface area contributed by atoms with Gasteiger partial charge in [0, 0.05) is 12.1 Å². The van der Waals surface area contributed by atoms with Crippen molar-refractivity contribution in [1.29, 1.82) is 0 Å². The molecule has 0 saturated heterocycles. The molecular weight excluding hydrogens is 258 g/mol. The first-order valence-corrected chi connectivity index (χ1v) is 6.79. The lowest BCUT2D eigenvalue weighted by atomic mass is 10.2. The molecule has 1 aliphatic carbocycles. The number of hydrogen-bond acceptors (Lipinski definition) is 7. The smallest absolute Gasteiger partial charge is 0.240 e. The number of hydrogen-bond donors (Lipinski definition) is 1. The van der Waals surface area contributed by atoms with Gasteiger partial charge in [0.15, 0.2) is 0 Å². The fraction of sp³-hybridized carbons (Fsp3) is 0.538. The molecular formula is C13H17N5O2. The van der Waals surface area contributed by atoms with E-state index in [1.54, 1.807) is 19.2 Å². The Kier molecular flexibility index (Phi) is 3.87. The lowest BCUT2D eigenvalue weighted by Gasteiger charge is -2.08. The van der Waals surface area contributed by atoms with Crippen molar-refractivity contribution >= 4 is 0 Å². The number of aromatic nitrogens is 4. The van der Waals surface area contributed by atoms with Gasteiger partial charge in [-0.05, 0) is 18.9 Å². The summed E-state index contributed by atoms with van der Waals surface area (Å²) in [6, 6.07) is 4.05. The van der Waals surface area contributed by atoms with Crippen molar-refractivity contribution in [2.75, 3.05) is 7.11 Å². The van der Waals surface area contributed by atoms with Crippen molar-refractivity contribution < 1.29 is 9.26 Å². The van der Waals surface area contributed by atoms with E-state index in [0.717, 1.165) is 0 Å². The Balaban J connectivity index is 1.62. The second kappa shape index (κ2) is 5.96. The van der Waals surface area contributed by atoms with E-state index in [4.69, 9.17) is 9.26 Å². The van der Waals surface area contributed by atoms with Crippen LogP contribution in [0.25, 0.3) is 11.5 Å². The molecule has 7 nitrogen and oxygen atoms in total. The lowest BCUT2D eigenvalue weighted by molar-refractivity contribution is 0.357. The molecule has 0 bridgehead atoms. The van der Waals surface area contributed by atoms with Crippen LogP contribution in [-0.4, -0.2) is 33.5 Å². The molecule has 2 heterocycles. The zero-order valence-electron chi connectivity index (χ0n) is 11.4. The molecule has 0 atom stereocenters. The monoisotopic (exact) mass is 275 g/mol. The van der Waals surface area contributed by atoms with Crippen LogP contribution in [0.4, 0.5) is 0 Å². The molecule has 1 saturated carbocycles. The van der Waals surface area contributed by atoms with Gasteiger partial charge in [-0.1, -0.05) is 18.0 Å². The van der Waals surface area contributed by atoms with Gasteiger partial charge in [-0.15, -0.1) is 10.2 Å². The summed E-state index contributed by atoms with van der Waals surface area (Å²) >= 11 is 0. The summed E-state index contributed by atoms with van der Waals surface area (Å²) in [7, 11) is 1.55. The molecule has 1 aliphatic rings. The quantitative estimate of drug-likeness (QED) is 0.886. The van der Waals surface area contributed by atoms with Gasteiger partial charge in [0.2, 0.25) is 17.6 Å². The third kappa shape index (κ3) is 2.93. The summed E-state index contributed by atoms with van der Waals surface area (Å²) < 4.78 is 10.2.